The van der Waals surface area contributed by atoms with Crippen molar-refractivity contribution in [1.29, 1.82) is 0 Å². The summed E-state index contributed by atoms with van der Waals surface area (Å²) >= 11 is 0. The van der Waals surface area contributed by atoms with Gasteiger partial charge in [0, 0.05) is 55.2 Å². The van der Waals surface area contributed by atoms with Crippen LogP contribution in [0.4, 0.5) is 11.4 Å². The number of amides is 3. The Kier molecular flexibility index (Phi) is 6.11. The van der Waals surface area contributed by atoms with Crippen molar-refractivity contribution in [3.63, 3.8) is 0 Å². The zero-order valence-corrected chi connectivity index (χ0v) is 18.1. The number of aromatic amines is 1. The van der Waals surface area contributed by atoms with Crippen LogP contribution in [0.15, 0.2) is 48.7 Å². The number of aromatic nitrogens is 1. The van der Waals surface area contributed by atoms with Gasteiger partial charge in [0.15, 0.2) is 0 Å². The second-order valence-corrected chi connectivity index (χ2v) is 7.84. The van der Waals surface area contributed by atoms with Crippen molar-refractivity contribution in [2.45, 2.75) is 32.2 Å². The number of hydrogen-bond acceptors (Lipinski definition) is 4. The summed E-state index contributed by atoms with van der Waals surface area (Å²) in [5.41, 5.74) is 3.12. The van der Waals surface area contributed by atoms with E-state index in [1.54, 1.807) is 23.1 Å². The van der Waals surface area contributed by atoms with Gasteiger partial charge in [0.2, 0.25) is 17.7 Å². The van der Waals surface area contributed by atoms with E-state index in [1.807, 2.05) is 30.5 Å². The van der Waals surface area contributed by atoms with Crippen LogP contribution in [0.25, 0.3) is 10.9 Å². The lowest BCUT2D eigenvalue weighted by molar-refractivity contribution is -0.125. The minimum absolute atomic E-state index is 0.0598. The molecule has 0 bridgehead atoms. The second kappa shape index (κ2) is 9.13. The second-order valence-electron chi connectivity index (χ2n) is 7.84. The monoisotopic (exact) mass is 434 g/mol. The molecule has 2 aromatic carbocycles. The summed E-state index contributed by atoms with van der Waals surface area (Å²) in [6, 6.07) is 12.3. The molecule has 1 fully saturated rings. The van der Waals surface area contributed by atoms with E-state index in [0.29, 0.717) is 36.5 Å². The molecule has 8 heteroatoms. The van der Waals surface area contributed by atoms with Crippen LogP contribution < -0.4 is 20.3 Å². The molecule has 1 atom stereocenters. The molecule has 1 aromatic heterocycles. The smallest absolute Gasteiger partial charge is 0.247 e. The van der Waals surface area contributed by atoms with Crippen LogP contribution in [-0.2, 0) is 20.8 Å². The van der Waals surface area contributed by atoms with Gasteiger partial charge in [-0.2, -0.15) is 0 Å². The summed E-state index contributed by atoms with van der Waals surface area (Å²) in [6.07, 6.45) is 3.53. The third-order valence-electron chi connectivity index (χ3n) is 5.60. The predicted octanol–water partition coefficient (Wildman–Crippen LogP) is 2.99. The SMILES string of the molecule is COc1cc(NC(=O)[C@@H](Cc2c[nH]c3ccccc23)NC(C)=O)ccc1N1CCCC1=O. The fourth-order valence-electron chi connectivity index (χ4n) is 4.09. The highest BCUT2D eigenvalue weighted by molar-refractivity contribution is 6.00. The molecule has 166 valence electrons. The lowest BCUT2D eigenvalue weighted by atomic mass is 10.0. The normalized spacial score (nSPS) is 14.4. The van der Waals surface area contributed by atoms with Crippen LogP contribution in [-0.4, -0.2) is 42.4 Å². The van der Waals surface area contributed by atoms with E-state index in [4.69, 9.17) is 4.74 Å². The van der Waals surface area contributed by atoms with E-state index < -0.39 is 6.04 Å². The summed E-state index contributed by atoms with van der Waals surface area (Å²) in [5.74, 6) is -0.0571. The zero-order chi connectivity index (χ0) is 22.7. The molecule has 4 rings (SSSR count). The van der Waals surface area contributed by atoms with Crippen molar-refractivity contribution in [3.05, 3.63) is 54.2 Å². The number of carbonyl (C=O) groups is 3. The lowest BCUT2D eigenvalue weighted by Gasteiger charge is -2.21. The number of rotatable bonds is 7. The number of ether oxygens (including phenoxy) is 1. The number of carbonyl (C=O) groups excluding carboxylic acids is 3. The number of hydrogen-bond donors (Lipinski definition) is 3. The third kappa shape index (κ3) is 4.44. The minimum Gasteiger partial charge on any atom is -0.494 e. The molecule has 0 unspecified atom stereocenters. The van der Waals surface area contributed by atoms with E-state index in [1.165, 1.54) is 14.0 Å². The maximum Gasteiger partial charge on any atom is 0.247 e. The fourth-order valence-corrected chi connectivity index (χ4v) is 4.09. The van der Waals surface area contributed by atoms with Gasteiger partial charge in [-0.25, -0.2) is 0 Å². The van der Waals surface area contributed by atoms with Crippen LogP contribution >= 0.6 is 0 Å². The quantitative estimate of drug-likeness (QED) is 0.532. The third-order valence-corrected chi connectivity index (χ3v) is 5.60. The van der Waals surface area contributed by atoms with Gasteiger partial charge in [-0.1, -0.05) is 18.2 Å². The Balaban J connectivity index is 1.54. The number of benzene rings is 2. The highest BCUT2D eigenvalue weighted by Crippen LogP contribution is 2.34. The maximum atomic E-state index is 13.1. The Morgan fingerprint density at radius 3 is 2.75 bits per heavy atom. The van der Waals surface area contributed by atoms with Gasteiger partial charge in [0.1, 0.15) is 11.8 Å². The largest absolute Gasteiger partial charge is 0.494 e. The average molecular weight is 434 g/mol. The number of H-pyrrole nitrogens is 1. The molecule has 3 amide bonds. The molecule has 0 radical (unpaired) electrons. The summed E-state index contributed by atoms with van der Waals surface area (Å²) in [7, 11) is 1.53. The molecular formula is C24H26N4O4. The first-order valence-corrected chi connectivity index (χ1v) is 10.6. The highest BCUT2D eigenvalue weighted by Gasteiger charge is 2.26. The Bertz CT molecular complexity index is 1170. The van der Waals surface area contributed by atoms with Gasteiger partial charge in [-0.15, -0.1) is 0 Å². The van der Waals surface area contributed by atoms with Crippen molar-refractivity contribution in [2.75, 3.05) is 23.9 Å². The summed E-state index contributed by atoms with van der Waals surface area (Å²) in [5, 5.41) is 6.62. The van der Waals surface area contributed by atoms with Crippen molar-refractivity contribution in [1.82, 2.24) is 10.3 Å². The Hall–Kier alpha value is -3.81. The fraction of sp³-hybridized carbons (Fsp3) is 0.292. The van der Waals surface area contributed by atoms with Gasteiger partial charge in [0.05, 0.1) is 12.8 Å². The highest BCUT2D eigenvalue weighted by atomic mass is 16.5. The van der Waals surface area contributed by atoms with Crippen molar-refractivity contribution >= 4 is 40.0 Å². The first-order chi connectivity index (χ1) is 15.5. The standard InChI is InChI=1S/C24H26N4O4/c1-15(29)26-20(12-16-14-25-19-7-4-3-6-18(16)19)24(31)27-17-9-10-21(22(13-17)32-2)28-11-5-8-23(28)30/h3-4,6-7,9-10,13-14,20,25H,5,8,11-12H2,1-2H3,(H,26,29)(H,27,31)/t20-/m1/s1. The summed E-state index contributed by atoms with van der Waals surface area (Å²) in [6.45, 7) is 2.04. The Labute approximate surface area is 185 Å². The van der Waals surface area contributed by atoms with Crippen molar-refractivity contribution in [2.24, 2.45) is 0 Å². The summed E-state index contributed by atoms with van der Waals surface area (Å²) in [4.78, 5) is 41.8. The number of anilines is 2. The van der Waals surface area contributed by atoms with Crippen LogP contribution in [0.5, 0.6) is 5.75 Å². The zero-order valence-electron chi connectivity index (χ0n) is 18.1. The predicted molar refractivity (Wildman–Crippen MR) is 123 cm³/mol. The van der Waals surface area contributed by atoms with Crippen molar-refractivity contribution < 1.29 is 19.1 Å². The Morgan fingerprint density at radius 2 is 2.03 bits per heavy atom. The van der Waals surface area contributed by atoms with Crippen LogP contribution in [0.1, 0.15) is 25.3 Å². The first kappa shape index (κ1) is 21.4. The number of fused-ring (bicyclic) bond motifs is 1. The average Bonchev–Trinajstić information content (AvgIpc) is 3.39. The van der Waals surface area contributed by atoms with E-state index in [2.05, 4.69) is 15.6 Å². The molecule has 1 aliphatic rings. The molecule has 1 saturated heterocycles. The van der Waals surface area contributed by atoms with E-state index in [0.717, 1.165) is 22.9 Å². The molecule has 32 heavy (non-hydrogen) atoms. The van der Waals surface area contributed by atoms with Gasteiger partial charge in [-0.3, -0.25) is 14.4 Å². The van der Waals surface area contributed by atoms with E-state index >= 15 is 0 Å². The molecule has 0 aliphatic carbocycles. The molecule has 0 saturated carbocycles. The van der Waals surface area contributed by atoms with Crippen LogP contribution in [0, 0.1) is 0 Å². The van der Waals surface area contributed by atoms with Gasteiger partial charge in [0.25, 0.3) is 0 Å². The lowest BCUT2D eigenvalue weighted by Crippen LogP contribution is -2.44. The Morgan fingerprint density at radius 1 is 1.22 bits per heavy atom. The van der Waals surface area contributed by atoms with Gasteiger partial charge < -0.3 is 25.3 Å². The molecule has 1 aliphatic heterocycles. The van der Waals surface area contributed by atoms with E-state index in [9.17, 15) is 14.4 Å². The van der Waals surface area contributed by atoms with Gasteiger partial charge >= 0.3 is 0 Å². The minimum atomic E-state index is -0.752. The summed E-state index contributed by atoms with van der Waals surface area (Å²) < 4.78 is 5.47. The number of nitrogens with zero attached hydrogens (tertiary/aromatic N) is 1. The van der Waals surface area contributed by atoms with Crippen molar-refractivity contribution in [3.8, 4) is 5.75 Å². The molecule has 8 nitrogen and oxygen atoms in total. The molecule has 0 spiro atoms. The maximum absolute atomic E-state index is 13.1. The molecule has 3 aromatic rings. The van der Waals surface area contributed by atoms with Gasteiger partial charge in [-0.05, 0) is 30.2 Å². The van der Waals surface area contributed by atoms with Crippen LogP contribution in [0.3, 0.4) is 0 Å². The molecular weight excluding hydrogens is 408 g/mol. The first-order valence-electron chi connectivity index (χ1n) is 10.6. The molecule has 2 heterocycles. The number of para-hydroxylation sites is 1. The van der Waals surface area contributed by atoms with E-state index in [-0.39, 0.29) is 17.7 Å². The number of nitrogens with one attached hydrogen (secondary N) is 3. The molecule has 3 N–H and O–H groups in total. The number of methoxy groups -OCH3 is 1. The van der Waals surface area contributed by atoms with Crippen LogP contribution in [0.2, 0.25) is 0 Å². The topological polar surface area (TPSA) is 104 Å².